The molecule has 0 saturated heterocycles. The Morgan fingerprint density at radius 2 is 1.96 bits per heavy atom. The van der Waals surface area contributed by atoms with Gasteiger partial charge in [-0.05, 0) is 35.7 Å². The molecule has 0 radical (unpaired) electrons. The Hall–Kier alpha value is -2.40. The van der Waals surface area contributed by atoms with Gasteiger partial charge >= 0.3 is 0 Å². The van der Waals surface area contributed by atoms with E-state index in [0.29, 0.717) is 19.5 Å². The molecule has 0 spiro atoms. The van der Waals surface area contributed by atoms with E-state index < -0.39 is 0 Å². The number of carbonyl (C=O) groups excluding carboxylic acids is 1. The van der Waals surface area contributed by atoms with E-state index in [4.69, 9.17) is 0 Å². The minimum absolute atomic E-state index is 0.00816. The molecule has 1 aliphatic rings. The number of nitrogens with one attached hydrogen (secondary N) is 2. The van der Waals surface area contributed by atoms with Crippen LogP contribution < -0.4 is 15.5 Å². The molecule has 126 valence electrons. The fourth-order valence-electron chi connectivity index (χ4n) is 2.92. The molecule has 3 rings (SSSR count). The van der Waals surface area contributed by atoms with Gasteiger partial charge in [0.1, 0.15) is 5.82 Å². The van der Waals surface area contributed by atoms with E-state index in [-0.39, 0.29) is 11.7 Å². The molecule has 2 N–H and O–H groups in total. The number of para-hydroxylation sites is 1. The summed E-state index contributed by atoms with van der Waals surface area (Å²) in [5.74, 6) is -0.231. The van der Waals surface area contributed by atoms with Gasteiger partial charge in [-0.2, -0.15) is 0 Å². The molecule has 0 fully saturated rings. The first-order chi connectivity index (χ1) is 11.7. The zero-order valence-corrected chi connectivity index (χ0v) is 13.6. The van der Waals surface area contributed by atoms with Crippen LogP contribution in [-0.4, -0.2) is 32.1 Å². The Kier molecular flexibility index (Phi) is 5.43. The number of benzene rings is 2. The molecule has 24 heavy (non-hydrogen) atoms. The van der Waals surface area contributed by atoms with Crippen LogP contribution >= 0.6 is 0 Å². The van der Waals surface area contributed by atoms with Crippen molar-refractivity contribution in [1.29, 1.82) is 0 Å². The number of anilines is 1. The molecule has 0 unspecified atom stereocenters. The highest BCUT2D eigenvalue weighted by molar-refractivity contribution is 5.81. The number of hydrogen-bond acceptors (Lipinski definition) is 3. The number of hydrogen-bond donors (Lipinski definition) is 2. The second kappa shape index (κ2) is 7.93. The molecule has 0 saturated carbocycles. The van der Waals surface area contributed by atoms with Crippen LogP contribution in [0.4, 0.5) is 10.1 Å². The summed E-state index contributed by atoms with van der Waals surface area (Å²) in [5, 5.41) is 6.32. The fraction of sp³-hybridized carbons (Fsp3) is 0.316. The minimum atomic E-state index is -0.240. The van der Waals surface area contributed by atoms with Crippen LogP contribution in [0.2, 0.25) is 0 Å². The fourth-order valence-corrected chi connectivity index (χ4v) is 2.92. The third-order valence-electron chi connectivity index (χ3n) is 4.19. The van der Waals surface area contributed by atoms with Gasteiger partial charge in [-0.15, -0.1) is 0 Å². The lowest BCUT2D eigenvalue weighted by atomic mass is 10.1. The van der Waals surface area contributed by atoms with E-state index in [2.05, 4.69) is 27.7 Å². The molecule has 5 heteroatoms. The van der Waals surface area contributed by atoms with E-state index in [1.54, 1.807) is 12.1 Å². The number of fused-ring (bicyclic) bond motifs is 1. The van der Waals surface area contributed by atoms with Gasteiger partial charge in [-0.3, -0.25) is 4.79 Å². The predicted molar refractivity (Wildman–Crippen MR) is 93.5 cm³/mol. The van der Waals surface area contributed by atoms with Gasteiger partial charge in [0, 0.05) is 31.9 Å². The molecule has 2 aromatic rings. The SMILES string of the molecule is O=C(CN1CCNCc2ccccc21)NCCc1ccc(F)cc1. The van der Waals surface area contributed by atoms with Crippen molar-refractivity contribution in [3.63, 3.8) is 0 Å². The quantitative estimate of drug-likeness (QED) is 0.884. The lowest BCUT2D eigenvalue weighted by Crippen LogP contribution is -2.39. The van der Waals surface area contributed by atoms with Crippen LogP contribution in [0.5, 0.6) is 0 Å². The van der Waals surface area contributed by atoms with Crippen molar-refractivity contribution in [3.8, 4) is 0 Å². The van der Waals surface area contributed by atoms with Gasteiger partial charge in [0.25, 0.3) is 0 Å². The van der Waals surface area contributed by atoms with Crippen molar-refractivity contribution in [1.82, 2.24) is 10.6 Å². The van der Waals surface area contributed by atoms with Crippen LogP contribution in [0.15, 0.2) is 48.5 Å². The summed E-state index contributed by atoms with van der Waals surface area (Å²) >= 11 is 0. The van der Waals surface area contributed by atoms with E-state index in [1.807, 2.05) is 12.1 Å². The van der Waals surface area contributed by atoms with E-state index >= 15 is 0 Å². The Bertz CT molecular complexity index is 687. The second-order valence-corrected chi connectivity index (χ2v) is 5.95. The average Bonchev–Trinajstić information content (AvgIpc) is 2.79. The van der Waals surface area contributed by atoms with Crippen molar-refractivity contribution in [2.24, 2.45) is 0 Å². The second-order valence-electron chi connectivity index (χ2n) is 5.95. The van der Waals surface area contributed by atoms with Gasteiger partial charge < -0.3 is 15.5 Å². The Morgan fingerprint density at radius 3 is 2.79 bits per heavy atom. The number of amides is 1. The summed E-state index contributed by atoms with van der Waals surface area (Å²) in [5.41, 5.74) is 3.35. The van der Waals surface area contributed by atoms with Crippen LogP contribution in [-0.2, 0) is 17.8 Å². The van der Waals surface area contributed by atoms with Crippen molar-refractivity contribution in [3.05, 3.63) is 65.5 Å². The summed E-state index contributed by atoms with van der Waals surface area (Å²) in [6, 6.07) is 14.6. The zero-order valence-electron chi connectivity index (χ0n) is 13.6. The average molecular weight is 327 g/mol. The van der Waals surface area contributed by atoms with Gasteiger partial charge in [0.05, 0.1) is 6.54 Å². The molecule has 4 nitrogen and oxygen atoms in total. The highest BCUT2D eigenvalue weighted by Gasteiger charge is 2.16. The monoisotopic (exact) mass is 327 g/mol. The zero-order chi connectivity index (χ0) is 16.8. The lowest BCUT2D eigenvalue weighted by molar-refractivity contribution is -0.119. The molecule has 1 aliphatic heterocycles. The maximum atomic E-state index is 12.9. The van der Waals surface area contributed by atoms with Crippen molar-refractivity contribution in [2.45, 2.75) is 13.0 Å². The summed E-state index contributed by atoms with van der Waals surface area (Å²) in [6.07, 6.45) is 0.699. The molecule has 0 aliphatic carbocycles. The highest BCUT2D eigenvalue weighted by Crippen LogP contribution is 2.21. The lowest BCUT2D eigenvalue weighted by Gasteiger charge is -2.23. The molecular formula is C19H22FN3O. The first-order valence-corrected chi connectivity index (χ1v) is 8.27. The first-order valence-electron chi connectivity index (χ1n) is 8.27. The van der Waals surface area contributed by atoms with E-state index in [0.717, 1.165) is 30.9 Å². The molecule has 2 aromatic carbocycles. The molecular weight excluding hydrogens is 305 g/mol. The summed E-state index contributed by atoms with van der Waals surface area (Å²) in [7, 11) is 0. The normalized spacial score (nSPS) is 14.0. The summed E-state index contributed by atoms with van der Waals surface area (Å²) in [4.78, 5) is 14.4. The maximum absolute atomic E-state index is 12.9. The van der Waals surface area contributed by atoms with Crippen LogP contribution in [0.3, 0.4) is 0 Å². The van der Waals surface area contributed by atoms with E-state index in [9.17, 15) is 9.18 Å². The third kappa shape index (κ3) is 4.32. The van der Waals surface area contributed by atoms with Crippen LogP contribution in [0.25, 0.3) is 0 Å². The Morgan fingerprint density at radius 1 is 1.17 bits per heavy atom. The highest BCUT2D eigenvalue weighted by atomic mass is 19.1. The van der Waals surface area contributed by atoms with E-state index in [1.165, 1.54) is 17.7 Å². The maximum Gasteiger partial charge on any atom is 0.239 e. The molecule has 0 atom stereocenters. The topological polar surface area (TPSA) is 44.4 Å². The smallest absolute Gasteiger partial charge is 0.239 e. The molecule has 1 amide bonds. The number of carbonyl (C=O) groups is 1. The Balaban J connectivity index is 1.52. The minimum Gasteiger partial charge on any atom is -0.361 e. The number of rotatable bonds is 5. The van der Waals surface area contributed by atoms with Gasteiger partial charge in [-0.25, -0.2) is 4.39 Å². The first kappa shape index (κ1) is 16.5. The molecule has 1 heterocycles. The number of nitrogens with zero attached hydrogens (tertiary/aromatic N) is 1. The third-order valence-corrected chi connectivity index (χ3v) is 4.19. The van der Waals surface area contributed by atoms with Crippen molar-refractivity contribution in [2.75, 3.05) is 31.1 Å². The standard InChI is InChI=1S/C19H22FN3O/c20-17-7-5-15(6-8-17)9-10-22-19(24)14-23-12-11-21-13-16-3-1-2-4-18(16)23/h1-8,21H,9-14H2,(H,22,24). The van der Waals surface area contributed by atoms with Gasteiger partial charge in [0.2, 0.25) is 5.91 Å². The van der Waals surface area contributed by atoms with Gasteiger partial charge in [-0.1, -0.05) is 30.3 Å². The van der Waals surface area contributed by atoms with Crippen LogP contribution in [0, 0.1) is 5.82 Å². The van der Waals surface area contributed by atoms with Crippen molar-refractivity contribution < 1.29 is 9.18 Å². The molecule has 0 aromatic heterocycles. The predicted octanol–water partition coefficient (Wildman–Crippen LogP) is 2.09. The summed E-state index contributed by atoms with van der Waals surface area (Å²) in [6.45, 7) is 3.40. The summed E-state index contributed by atoms with van der Waals surface area (Å²) < 4.78 is 12.9. The molecule has 0 bridgehead atoms. The van der Waals surface area contributed by atoms with Crippen molar-refractivity contribution >= 4 is 11.6 Å². The van der Waals surface area contributed by atoms with Crippen LogP contribution in [0.1, 0.15) is 11.1 Å². The number of halogens is 1. The largest absolute Gasteiger partial charge is 0.361 e. The van der Waals surface area contributed by atoms with Gasteiger partial charge in [0.15, 0.2) is 0 Å². The Labute approximate surface area is 141 Å².